The summed E-state index contributed by atoms with van der Waals surface area (Å²) in [5.41, 5.74) is 2.39. The van der Waals surface area contributed by atoms with Crippen LogP contribution in [0.1, 0.15) is 12.0 Å². The Kier molecular flexibility index (Phi) is 1.66. The number of nitrogens with zero attached hydrogens (tertiary/aromatic N) is 1. The smallest absolute Gasteiger partial charge is 0.123 e. The van der Waals surface area contributed by atoms with Crippen LogP contribution in [0.2, 0.25) is 0 Å². The van der Waals surface area contributed by atoms with Gasteiger partial charge in [0.25, 0.3) is 0 Å². The number of rotatable bonds is 0. The lowest BCUT2D eigenvalue weighted by atomic mass is 10.0. The fourth-order valence-electron chi connectivity index (χ4n) is 2.02. The Morgan fingerprint density at radius 1 is 1.21 bits per heavy atom. The molecule has 2 heterocycles. The average Bonchev–Trinajstić information content (AvgIpc) is 2.29. The maximum absolute atomic E-state index is 5.60. The number of benzene rings is 1. The topological polar surface area (TPSA) is 22.1 Å². The summed E-state index contributed by atoms with van der Waals surface area (Å²) in [6.45, 7) is 0.846. The van der Waals surface area contributed by atoms with E-state index in [1.165, 1.54) is 10.9 Å². The van der Waals surface area contributed by atoms with Crippen molar-refractivity contribution in [2.45, 2.75) is 12.8 Å². The monoisotopic (exact) mass is 185 g/mol. The molecule has 3 rings (SSSR count). The second-order valence-corrected chi connectivity index (χ2v) is 3.56. The maximum Gasteiger partial charge on any atom is 0.123 e. The fourth-order valence-corrected chi connectivity index (χ4v) is 2.02. The summed E-state index contributed by atoms with van der Waals surface area (Å²) in [6.07, 6.45) is 4.05. The number of ether oxygens (including phenoxy) is 1. The molecule has 0 saturated heterocycles. The van der Waals surface area contributed by atoms with Crippen molar-refractivity contribution >= 4 is 10.9 Å². The number of pyridine rings is 1. The predicted molar refractivity (Wildman–Crippen MR) is 55.6 cm³/mol. The normalized spacial score (nSPS) is 14.9. The Labute approximate surface area is 82.5 Å². The molecule has 0 amide bonds. The largest absolute Gasteiger partial charge is 0.493 e. The van der Waals surface area contributed by atoms with Gasteiger partial charge in [0.05, 0.1) is 12.1 Å². The minimum atomic E-state index is 0.846. The quantitative estimate of drug-likeness (QED) is 0.629. The highest BCUT2D eigenvalue weighted by atomic mass is 16.5. The van der Waals surface area contributed by atoms with E-state index in [-0.39, 0.29) is 0 Å². The van der Waals surface area contributed by atoms with E-state index in [9.17, 15) is 0 Å². The zero-order valence-electron chi connectivity index (χ0n) is 7.86. The third-order valence-corrected chi connectivity index (χ3v) is 2.68. The minimum absolute atomic E-state index is 0.846. The standard InChI is InChI=1S/C12H11NO/c1-3-9-10-4-2-8-14-12(10)6-5-11(9)13-7-1/h1,3,5-7H,2,4,8H2. The molecule has 0 radical (unpaired) electrons. The lowest BCUT2D eigenvalue weighted by molar-refractivity contribution is 0.289. The fraction of sp³-hybridized carbons (Fsp3) is 0.250. The molecular weight excluding hydrogens is 174 g/mol. The summed E-state index contributed by atoms with van der Waals surface area (Å²) in [6, 6.07) is 8.16. The van der Waals surface area contributed by atoms with Crippen LogP contribution in [0.3, 0.4) is 0 Å². The Hall–Kier alpha value is -1.57. The van der Waals surface area contributed by atoms with Crippen molar-refractivity contribution in [3.63, 3.8) is 0 Å². The second-order valence-electron chi connectivity index (χ2n) is 3.56. The van der Waals surface area contributed by atoms with Crippen LogP contribution in [-0.2, 0) is 6.42 Å². The van der Waals surface area contributed by atoms with Gasteiger partial charge in [0.2, 0.25) is 0 Å². The Bertz CT molecular complexity index is 479. The van der Waals surface area contributed by atoms with Crippen LogP contribution in [0.5, 0.6) is 5.75 Å². The van der Waals surface area contributed by atoms with Gasteiger partial charge >= 0.3 is 0 Å². The number of aromatic nitrogens is 1. The van der Waals surface area contributed by atoms with Crippen molar-refractivity contribution in [3.05, 3.63) is 36.0 Å². The molecule has 0 N–H and O–H groups in total. The Morgan fingerprint density at radius 3 is 3.21 bits per heavy atom. The maximum atomic E-state index is 5.60. The van der Waals surface area contributed by atoms with Crippen LogP contribution in [0.4, 0.5) is 0 Å². The predicted octanol–water partition coefficient (Wildman–Crippen LogP) is 2.56. The van der Waals surface area contributed by atoms with Gasteiger partial charge in [0, 0.05) is 17.1 Å². The van der Waals surface area contributed by atoms with Crippen molar-refractivity contribution in [1.29, 1.82) is 0 Å². The molecule has 0 fully saturated rings. The molecule has 2 heteroatoms. The zero-order chi connectivity index (χ0) is 9.38. The summed E-state index contributed by atoms with van der Waals surface area (Å²) in [5.74, 6) is 1.04. The van der Waals surface area contributed by atoms with E-state index in [0.717, 1.165) is 30.7 Å². The summed E-state index contributed by atoms with van der Waals surface area (Å²) in [5, 5.41) is 1.24. The molecule has 14 heavy (non-hydrogen) atoms. The molecule has 0 unspecified atom stereocenters. The van der Waals surface area contributed by atoms with Crippen LogP contribution in [0, 0.1) is 0 Å². The summed E-state index contributed by atoms with van der Waals surface area (Å²) < 4.78 is 5.60. The molecule has 1 aliphatic rings. The van der Waals surface area contributed by atoms with Gasteiger partial charge in [-0.1, -0.05) is 6.07 Å². The molecule has 2 aromatic rings. The molecule has 1 aromatic carbocycles. The average molecular weight is 185 g/mol. The molecule has 0 aliphatic carbocycles. The lowest BCUT2D eigenvalue weighted by Crippen LogP contribution is -2.08. The van der Waals surface area contributed by atoms with E-state index in [2.05, 4.69) is 11.1 Å². The summed E-state index contributed by atoms with van der Waals surface area (Å²) in [4.78, 5) is 4.33. The van der Waals surface area contributed by atoms with Crippen molar-refractivity contribution in [2.24, 2.45) is 0 Å². The third kappa shape index (κ3) is 1.07. The van der Waals surface area contributed by atoms with Crippen molar-refractivity contribution in [1.82, 2.24) is 4.98 Å². The first-order chi connectivity index (χ1) is 6.95. The first-order valence-corrected chi connectivity index (χ1v) is 4.94. The van der Waals surface area contributed by atoms with E-state index in [4.69, 9.17) is 4.74 Å². The second kappa shape index (κ2) is 2.98. The highest BCUT2D eigenvalue weighted by Crippen LogP contribution is 2.30. The zero-order valence-corrected chi connectivity index (χ0v) is 7.86. The van der Waals surface area contributed by atoms with Crippen LogP contribution in [0.25, 0.3) is 10.9 Å². The van der Waals surface area contributed by atoms with Crippen molar-refractivity contribution < 1.29 is 4.74 Å². The highest BCUT2D eigenvalue weighted by Gasteiger charge is 2.12. The Balaban J connectivity index is 2.34. The van der Waals surface area contributed by atoms with Crippen LogP contribution >= 0.6 is 0 Å². The molecule has 1 aromatic heterocycles. The first kappa shape index (κ1) is 7.80. The number of fused-ring (bicyclic) bond motifs is 3. The van der Waals surface area contributed by atoms with Gasteiger partial charge in [-0.15, -0.1) is 0 Å². The molecule has 1 aliphatic heterocycles. The highest BCUT2D eigenvalue weighted by molar-refractivity contribution is 5.84. The summed E-state index contributed by atoms with van der Waals surface area (Å²) in [7, 11) is 0. The molecule has 2 nitrogen and oxygen atoms in total. The van der Waals surface area contributed by atoms with Crippen molar-refractivity contribution in [2.75, 3.05) is 6.61 Å². The number of hydrogen-bond donors (Lipinski definition) is 0. The van der Waals surface area contributed by atoms with E-state index < -0.39 is 0 Å². The number of aryl methyl sites for hydroxylation is 1. The van der Waals surface area contributed by atoms with E-state index in [0.29, 0.717) is 0 Å². The van der Waals surface area contributed by atoms with E-state index >= 15 is 0 Å². The molecular formula is C12H11NO. The van der Waals surface area contributed by atoms with Gasteiger partial charge in [0.1, 0.15) is 5.75 Å². The van der Waals surface area contributed by atoms with Gasteiger partial charge < -0.3 is 4.74 Å². The number of hydrogen-bond acceptors (Lipinski definition) is 2. The van der Waals surface area contributed by atoms with Gasteiger partial charge in [0.15, 0.2) is 0 Å². The molecule has 70 valence electrons. The van der Waals surface area contributed by atoms with Crippen molar-refractivity contribution in [3.8, 4) is 5.75 Å². The van der Waals surface area contributed by atoms with Gasteiger partial charge in [-0.05, 0) is 31.0 Å². The molecule has 0 bridgehead atoms. The lowest BCUT2D eigenvalue weighted by Gasteiger charge is -2.18. The van der Waals surface area contributed by atoms with Gasteiger partial charge in [-0.25, -0.2) is 0 Å². The molecule has 0 atom stereocenters. The van der Waals surface area contributed by atoms with Crippen LogP contribution in [0.15, 0.2) is 30.5 Å². The Morgan fingerprint density at radius 2 is 2.21 bits per heavy atom. The SMILES string of the molecule is c1cnc2ccc3c(c2c1)CCCO3. The van der Waals surface area contributed by atoms with Crippen LogP contribution < -0.4 is 4.74 Å². The van der Waals surface area contributed by atoms with Crippen LogP contribution in [-0.4, -0.2) is 11.6 Å². The summed E-state index contributed by atoms with van der Waals surface area (Å²) >= 11 is 0. The third-order valence-electron chi connectivity index (χ3n) is 2.68. The van der Waals surface area contributed by atoms with Gasteiger partial charge in [-0.3, -0.25) is 4.98 Å². The molecule has 0 saturated carbocycles. The van der Waals surface area contributed by atoms with E-state index in [1.807, 2.05) is 24.4 Å². The molecule has 0 spiro atoms. The van der Waals surface area contributed by atoms with Gasteiger partial charge in [-0.2, -0.15) is 0 Å². The van der Waals surface area contributed by atoms with E-state index in [1.54, 1.807) is 0 Å². The first-order valence-electron chi connectivity index (χ1n) is 4.94. The minimum Gasteiger partial charge on any atom is -0.493 e.